The minimum Gasteiger partial charge on any atom is -0.462 e. The van der Waals surface area contributed by atoms with Crippen LogP contribution in [0.25, 0.3) is 0 Å². The zero-order chi connectivity index (χ0) is 73.7. The first-order valence-electron chi connectivity index (χ1n) is 41.8. The number of aliphatic hydroxyl groups excluding tert-OH is 1. The number of aliphatic hydroxyl groups is 1. The average molecular weight is 1470 g/mol. The molecule has 17 nitrogen and oxygen atoms in total. The molecule has 0 fully saturated rings. The molecular formula is C81H158O17P2. The van der Waals surface area contributed by atoms with Gasteiger partial charge in [0.15, 0.2) is 12.2 Å². The van der Waals surface area contributed by atoms with Crippen LogP contribution in [0.3, 0.4) is 0 Å². The first-order chi connectivity index (χ1) is 48.2. The van der Waals surface area contributed by atoms with E-state index in [1.165, 1.54) is 231 Å². The Bertz CT molecular complexity index is 1940. The van der Waals surface area contributed by atoms with Crippen molar-refractivity contribution in [1.29, 1.82) is 0 Å². The predicted octanol–water partition coefficient (Wildman–Crippen LogP) is 24.1. The summed E-state index contributed by atoms with van der Waals surface area (Å²) in [4.78, 5) is 73.0. The molecule has 594 valence electrons. The van der Waals surface area contributed by atoms with E-state index in [1.807, 2.05) is 0 Å². The zero-order valence-electron chi connectivity index (χ0n) is 65.7. The van der Waals surface area contributed by atoms with Gasteiger partial charge in [0.25, 0.3) is 0 Å². The zero-order valence-corrected chi connectivity index (χ0v) is 67.5. The molecule has 0 aliphatic rings. The lowest BCUT2D eigenvalue weighted by atomic mass is 10.0. The lowest BCUT2D eigenvalue weighted by Crippen LogP contribution is -2.30. The summed E-state index contributed by atoms with van der Waals surface area (Å²) >= 11 is 0. The van der Waals surface area contributed by atoms with E-state index in [1.54, 1.807) is 0 Å². The van der Waals surface area contributed by atoms with Gasteiger partial charge in [-0.2, -0.15) is 0 Å². The maximum Gasteiger partial charge on any atom is 0.472 e. The molecule has 0 aromatic carbocycles. The molecule has 100 heavy (non-hydrogen) atoms. The maximum absolute atomic E-state index is 13.1. The lowest BCUT2D eigenvalue weighted by molar-refractivity contribution is -0.161. The van der Waals surface area contributed by atoms with Crippen LogP contribution < -0.4 is 0 Å². The number of esters is 4. The van der Waals surface area contributed by atoms with Crippen LogP contribution in [-0.4, -0.2) is 96.7 Å². The number of phosphoric acid groups is 2. The Labute approximate surface area is 613 Å². The van der Waals surface area contributed by atoms with Crippen molar-refractivity contribution < 1.29 is 80.2 Å². The van der Waals surface area contributed by atoms with Crippen molar-refractivity contribution in [3.63, 3.8) is 0 Å². The summed E-state index contributed by atoms with van der Waals surface area (Å²) in [7, 11) is -9.92. The van der Waals surface area contributed by atoms with E-state index in [9.17, 15) is 43.2 Å². The number of carbonyl (C=O) groups is 4. The topological polar surface area (TPSA) is 237 Å². The van der Waals surface area contributed by atoms with Crippen molar-refractivity contribution in [1.82, 2.24) is 0 Å². The molecule has 19 heteroatoms. The summed E-state index contributed by atoms with van der Waals surface area (Å²) in [6, 6.07) is 0. The fourth-order valence-electron chi connectivity index (χ4n) is 12.5. The van der Waals surface area contributed by atoms with Crippen LogP contribution in [0.4, 0.5) is 0 Å². The predicted molar refractivity (Wildman–Crippen MR) is 409 cm³/mol. The smallest absolute Gasteiger partial charge is 0.462 e. The van der Waals surface area contributed by atoms with E-state index in [0.717, 1.165) is 108 Å². The quantitative estimate of drug-likeness (QED) is 0.0222. The molecule has 3 N–H and O–H groups in total. The molecule has 0 bridgehead atoms. The molecule has 0 aliphatic carbocycles. The largest absolute Gasteiger partial charge is 0.472 e. The molecule has 5 atom stereocenters. The van der Waals surface area contributed by atoms with Gasteiger partial charge in [-0.3, -0.25) is 37.3 Å². The van der Waals surface area contributed by atoms with Crippen molar-refractivity contribution >= 4 is 39.5 Å². The van der Waals surface area contributed by atoms with Gasteiger partial charge in [0, 0.05) is 25.7 Å². The first-order valence-corrected chi connectivity index (χ1v) is 44.8. The summed E-state index contributed by atoms with van der Waals surface area (Å²) in [5.41, 5.74) is 0. The molecule has 0 radical (unpaired) electrons. The van der Waals surface area contributed by atoms with Crippen LogP contribution in [0, 0.1) is 17.8 Å². The van der Waals surface area contributed by atoms with E-state index in [-0.39, 0.29) is 25.7 Å². The van der Waals surface area contributed by atoms with Crippen molar-refractivity contribution in [2.45, 2.75) is 439 Å². The maximum atomic E-state index is 13.1. The van der Waals surface area contributed by atoms with Gasteiger partial charge in [0.1, 0.15) is 19.3 Å². The number of ether oxygens (including phenoxy) is 4. The molecule has 0 spiro atoms. The highest BCUT2D eigenvalue weighted by atomic mass is 31.2. The summed E-state index contributed by atoms with van der Waals surface area (Å²) in [5, 5.41) is 10.6. The number of phosphoric ester groups is 2. The number of unbranched alkanes of at least 4 members (excludes halogenated alkanes) is 47. The third-order valence-electron chi connectivity index (χ3n) is 18.9. The van der Waals surface area contributed by atoms with E-state index in [0.29, 0.717) is 25.7 Å². The highest BCUT2D eigenvalue weighted by Crippen LogP contribution is 2.45. The second kappa shape index (κ2) is 71.3. The lowest BCUT2D eigenvalue weighted by Gasteiger charge is -2.21. The van der Waals surface area contributed by atoms with Crippen LogP contribution in [0.5, 0.6) is 0 Å². The van der Waals surface area contributed by atoms with E-state index in [4.69, 9.17) is 37.0 Å². The van der Waals surface area contributed by atoms with Gasteiger partial charge in [-0.25, -0.2) is 9.13 Å². The van der Waals surface area contributed by atoms with E-state index in [2.05, 4.69) is 48.5 Å². The normalized spacial score (nSPS) is 14.0. The van der Waals surface area contributed by atoms with Gasteiger partial charge in [-0.1, -0.05) is 370 Å². The van der Waals surface area contributed by atoms with Crippen LogP contribution in [0.2, 0.25) is 0 Å². The minimum absolute atomic E-state index is 0.106. The second-order valence-electron chi connectivity index (χ2n) is 30.6. The van der Waals surface area contributed by atoms with Crippen LogP contribution in [0.1, 0.15) is 421 Å². The summed E-state index contributed by atoms with van der Waals surface area (Å²) in [5.74, 6) is 0.228. The van der Waals surface area contributed by atoms with Crippen LogP contribution >= 0.6 is 15.6 Å². The minimum atomic E-state index is -4.96. The molecule has 2 unspecified atom stereocenters. The van der Waals surface area contributed by atoms with Crippen molar-refractivity contribution in [3.8, 4) is 0 Å². The molecule has 0 aliphatic heterocycles. The number of hydrogen-bond acceptors (Lipinski definition) is 15. The summed E-state index contributed by atoms with van der Waals surface area (Å²) < 4.78 is 68.7. The highest BCUT2D eigenvalue weighted by molar-refractivity contribution is 7.47. The summed E-state index contributed by atoms with van der Waals surface area (Å²) in [6.45, 7) is 12.0. The third kappa shape index (κ3) is 74.3. The Morgan fingerprint density at radius 1 is 0.270 bits per heavy atom. The monoisotopic (exact) mass is 1470 g/mol. The number of carbonyl (C=O) groups excluding carboxylic acids is 4. The average Bonchev–Trinajstić information content (AvgIpc) is 0.946. The van der Waals surface area contributed by atoms with E-state index < -0.39 is 97.5 Å². The Morgan fingerprint density at radius 2 is 0.460 bits per heavy atom. The molecular weight excluding hydrogens is 1310 g/mol. The number of hydrogen-bond donors (Lipinski definition) is 3. The third-order valence-corrected chi connectivity index (χ3v) is 20.8. The van der Waals surface area contributed by atoms with Gasteiger partial charge in [-0.05, 0) is 43.4 Å². The molecule has 0 saturated heterocycles. The van der Waals surface area contributed by atoms with E-state index >= 15 is 0 Å². The highest BCUT2D eigenvalue weighted by Gasteiger charge is 2.30. The van der Waals surface area contributed by atoms with Crippen LogP contribution in [0.15, 0.2) is 0 Å². The Morgan fingerprint density at radius 3 is 0.680 bits per heavy atom. The molecule has 0 aromatic rings. The van der Waals surface area contributed by atoms with Gasteiger partial charge in [0.05, 0.1) is 26.4 Å². The van der Waals surface area contributed by atoms with Gasteiger partial charge in [0.2, 0.25) is 0 Å². The second-order valence-corrected chi connectivity index (χ2v) is 33.5. The Hall–Kier alpha value is -1.94. The number of rotatable bonds is 79. The molecule has 0 rings (SSSR count). The SMILES string of the molecule is CCCCCCCCCCCCCCC(=O)OC[C@H](COP(=O)(O)OC[C@H](O)COP(=O)(O)OC[C@@H](COC(=O)CCCCCCCCCCCCCCC(C)C)OC(=O)CCCCCCCCCCCCCCCCCCCCC(C)C)OC(=O)CCCCCCCCCCCC(C)C. The molecule has 0 saturated carbocycles. The Kier molecular flexibility index (Phi) is 69.9. The first kappa shape index (κ1) is 98.1. The molecule has 0 aromatic heterocycles. The van der Waals surface area contributed by atoms with Crippen LogP contribution in [-0.2, 0) is 65.4 Å². The molecule has 0 heterocycles. The van der Waals surface area contributed by atoms with Crippen molar-refractivity contribution in [2.75, 3.05) is 39.6 Å². The fourth-order valence-corrected chi connectivity index (χ4v) is 14.1. The van der Waals surface area contributed by atoms with Gasteiger partial charge in [-0.15, -0.1) is 0 Å². The van der Waals surface area contributed by atoms with Crippen molar-refractivity contribution in [2.24, 2.45) is 17.8 Å². The van der Waals surface area contributed by atoms with Gasteiger partial charge < -0.3 is 33.8 Å². The Balaban J connectivity index is 5.23. The fraction of sp³-hybridized carbons (Fsp3) is 0.951. The molecule has 0 amide bonds. The summed E-state index contributed by atoms with van der Waals surface area (Å²) in [6.07, 6.45) is 59.6. The van der Waals surface area contributed by atoms with Gasteiger partial charge >= 0.3 is 39.5 Å². The standard InChI is InChI=1S/C81H158O17P2/c1-8-9-10-11-12-13-14-27-34-41-48-55-62-78(83)91-69-77(98-81(86)65-58-51-44-37-30-33-40-47-54-61-74(6)7)71-96-100(89,90)94-67-75(82)66-93-99(87,88)95-70-76(68-92-79(84)63-56-49-42-35-28-24-23-26-32-39-46-53-60-73(4)5)97-80(85)64-57-50-43-36-29-22-20-18-16-15-17-19-21-25-31-38-45-52-59-72(2)3/h72-77,82H,8-71H2,1-7H3,(H,87,88)(H,89,90)/t75-,76-,77-/m1/s1. The van der Waals surface area contributed by atoms with Crippen molar-refractivity contribution in [3.05, 3.63) is 0 Å².